The molecular formula is C20H24N2O4. The molecule has 1 aromatic carbocycles. The fourth-order valence-corrected chi connectivity index (χ4v) is 3.45. The summed E-state index contributed by atoms with van der Waals surface area (Å²) in [5.41, 5.74) is 9.97. The van der Waals surface area contributed by atoms with Gasteiger partial charge in [-0.15, -0.1) is 0 Å². The van der Waals surface area contributed by atoms with Gasteiger partial charge < -0.3 is 24.5 Å². The average molecular weight is 356 g/mol. The van der Waals surface area contributed by atoms with E-state index in [-0.39, 0.29) is 5.97 Å². The lowest BCUT2D eigenvalue weighted by Crippen LogP contribution is -2.15. The summed E-state index contributed by atoms with van der Waals surface area (Å²) >= 11 is 0. The molecule has 0 atom stereocenters. The van der Waals surface area contributed by atoms with E-state index in [0.29, 0.717) is 42.3 Å². The molecule has 1 aromatic heterocycles. The SMILES string of the molecule is CCOC(=O)C1=C(N)c2cc3c(OC)c(OC)ccc3n2CC=C1CC. The Kier molecular flexibility index (Phi) is 4.93. The van der Waals surface area contributed by atoms with Crippen molar-refractivity contribution in [1.82, 2.24) is 4.57 Å². The van der Waals surface area contributed by atoms with Crippen molar-refractivity contribution in [3.8, 4) is 11.5 Å². The van der Waals surface area contributed by atoms with E-state index in [2.05, 4.69) is 4.57 Å². The monoisotopic (exact) mass is 356 g/mol. The van der Waals surface area contributed by atoms with Crippen LogP contribution in [-0.2, 0) is 16.1 Å². The highest BCUT2D eigenvalue weighted by atomic mass is 16.5. The number of carbonyl (C=O) groups excluding carboxylic acids is 1. The van der Waals surface area contributed by atoms with Crippen molar-refractivity contribution in [2.24, 2.45) is 5.73 Å². The normalized spacial score (nSPS) is 13.9. The summed E-state index contributed by atoms with van der Waals surface area (Å²) in [4.78, 5) is 12.5. The van der Waals surface area contributed by atoms with Gasteiger partial charge in [-0.2, -0.15) is 0 Å². The molecule has 0 unspecified atom stereocenters. The molecule has 0 aliphatic carbocycles. The number of hydrogen-bond acceptors (Lipinski definition) is 5. The summed E-state index contributed by atoms with van der Waals surface area (Å²) in [6.07, 6.45) is 2.74. The molecule has 1 aliphatic heterocycles. The molecule has 6 heteroatoms. The van der Waals surface area contributed by atoms with Crippen LogP contribution in [0.3, 0.4) is 0 Å². The molecule has 0 saturated heterocycles. The number of rotatable bonds is 5. The molecule has 0 saturated carbocycles. The van der Waals surface area contributed by atoms with Crippen molar-refractivity contribution >= 4 is 22.6 Å². The highest BCUT2D eigenvalue weighted by molar-refractivity contribution is 6.03. The third-order valence-electron chi connectivity index (χ3n) is 4.67. The van der Waals surface area contributed by atoms with Crippen LogP contribution < -0.4 is 15.2 Å². The number of esters is 1. The van der Waals surface area contributed by atoms with Gasteiger partial charge in [-0.1, -0.05) is 13.0 Å². The lowest BCUT2D eigenvalue weighted by atomic mass is 10.0. The average Bonchev–Trinajstić information content (AvgIpc) is 2.95. The highest BCUT2D eigenvalue weighted by Gasteiger charge is 2.26. The minimum atomic E-state index is -0.388. The Morgan fingerprint density at radius 1 is 1.23 bits per heavy atom. The van der Waals surface area contributed by atoms with Crippen LogP contribution in [0.5, 0.6) is 11.5 Å². The molecule has 6 nitrogen and oxygen atoms in total. The number of hydrogen-bond donors (Lipinski definition) is 1. The number of nitrogens with two attached hydrogens (primary N) is 1. The van der Waals surface area contributed by atoms with Gasteiger partial charge in [0.15, 0.2) is 11.5 Å². The van der Waals surface area contributed by atoms with Crippen LogP contribution in [0.1, 0.15) is 26.0 Å². The number of aromatic nitrogens is 1. The second-order valence-corrected chi connectivity index (χ2v) is 5.97. The molecule has 2 heterocycles. The zero-order valence-electron chi connectivity index (χ0n) is 15.6. The number of ether oxygens (including phenoxy) is 3. The van der Waals surface area contributed by atoms with Gasteiger partial charge in [0.25, 0.3) is 0 Å². The molecule has 138 valence electrons. The van der Waals surface area contributed by atoms with Gasteiger partial charge in [0.1, 0.15) is 0 Å². The number of fused-ring (bicyclic) bond motifs is 3. The first-order valence-corrected chi connectivity index (χ1v) is 8.68. The van der Waals surface area contributed by atoms with E-state index in [0.717, 1.165) is 22.2 Å². The molecule has 0 fully saturated rings. The van der Waals surface area contributed by atoms with Crippen molar-refractivity contribution in [3.05, 3.63) is 41.1 Å². The largest absolute Gasteiger partial charge is 0.493 e. The van der Waals surface area contributed by atoms with E-state index < -0.39 is 0 Å². The highest BCUT2D eigenvalue weighted by Crippen LogP contribution is 2.39. The third-order valence-corrected chi connectivity index (χ3v) is 4.67. The van der Waals surface area contributed by atoms with Gasteiger partial charge in [-0.05, 0) is 37.1 Å². The van der Waals surface area contributed by atoms with Crippen LogP contribution in [-0.4, -0.2) is 31.4 Å². The summed E-state index contributed by atoms with van der Waals surface area (Å²) in [6, 6.07) is 5.79. The fourth-order valence-electron chi connectivity index (χ4n) is 3.45. The first-order chi connectivity index (χ1) is 12.6. The molecule has 1 aliphatic rings. The van der Waals surface area contributed by atoms with Gasteiger partial charge in [0.2, 0.25) is 0 Å². The van der Waals surface area contributed by atoms with Crippen molar-refractivity contribution < 1.29 is 19.0 Å². The Hall–Kier alpha value is -2.89. The molecule has 26 heavy (non-hydrogen) atoms. The summed E-state index contributed by atoms with van der Waals surface area (Å²) in [7, 11) is 3.21. The van der Waals surface area contributed by atoms with Crippen molar-refractivity contribution in [2.45, 2.75) is 26.8 Å². The Labute approximate surface area is 152 Å². The van der Waals surface area contributed by atoms with E-state index in [1.54, 1.807) is 21.1 Å². The molecule has 0 amide bonds. The molecule has 2 N–H and O–H groups in total. The molecule has 2 aromatic rings. The quantitative estimate of drug-likeness (QED) is 0.833. The van der Waals surface area contributed by atoms with Gasteiger partial charge >= 0.3 is 5.97 Å². The van der Waals surface area contributed by atoms with E-state index in [9.17, 15) is 4.79 Å². The van der Waals surface area contributed by atoms with Crippen molar-refractivity contribution in [3.63, 3.8) is 0 Å². The molecule has 0 bridgehead atoms. The van der Waals surface area contributed by atoms with E-state index in [1.165, 1.54) is 0 Å². The minimum absolute atomic E-state index is 0.306. The lowest BCUT2D eigenvalue weighted by molar-refractivity contribution is -0.138. The van der Waals surface area contributed by atoms with Crippen molar-refractivity contribution in [1.29, 1.82) is 0 Å². The molecule has 0 spiro atoms. The van der Waals surface area contributed by atoms with Crippen LogP contribution in [0.15, 0.2) is 35.4 Å². The smallest absolute Gasteiger partial charge is 0.340 e. The van der Waals surface area contributed by atoms with Crippen LogP contribution in [0.4, 0.5) is 0 Å². The maximum absolute atomic E-state index is 12.5. The maximum Gasteiger partial charge on any atom is 0.340 e. The van der Waals surface area contributed by atoms with Gasteiger partial charge in [0.05, 0.1) is 43.3 Å². The molecule has 3 rings (SSSR count). The Morgan fingerprint density at radius 3 is 2.62 bits per heavy atom. The van der Waals surface area contributed by atoms with Gasteiger partial charge in [-0.25, -0.2) is 4.79 Å². The summed E-state index contributed by atoms with van der Waals surface area (Å²) < 4.78 is 18.3. The molecular weight excluding hydrogens is 332 g/mol. The molecule has 0 radical (unpaired) electrons. The van der Waals surface area contributed by atoms with E-state index in [4.69, 9.17) is 19.9 Å². The van der Waals surface area contributed by atoms with Crippen molar-refractivity contribution in [2.75, 3.05) is 20.8 Å². The Balaban J connectivity index is 2.29. The minimum Gasteiger partial charge on any atom is -0.493 e. The van der Waals surface area contributed by atoms with Crippen LogP contribution in [0.25, 0.3) is 16.6 Å². The van der Waals surface area contributed by atoms with E-state index >= 15 is 0 Å². The third kappa shape index (κ3) is 2.71. The zero-order chi connectivity index (χ0) is 18.8. The number of carbonyl (C=O) groups is 1. The van der Waals surface area contributed by atoms with Crippen LogP contribution in [0.2, 0.25) is 0 Å². The zero-order valence-corrected chi connectivity index (χ0v) is 15.6. The van der Waals surface area contributed by atoms with E-state index in [1.807, 2.05) is 31.2 Å². The first-order valence-electron chi connectivity index (χ1n) is 8.68. The number of methoxy groups -OCH3 is 2. The number of allylic oxidation sites excluding steroid dienone is 1. The summed E-state index contributed by atoms with van der Waals surface area (Å²) in [5.74, 6) is 0.913. The maximum atomic E-state index is 12.5. The second-order valence-electron chi connectivity index (χ2n) is 5.97. The fraction of sp³-hybridized carbons (Fsp3) is 0.350. The summed E-state index contributed by atoms with van der Waals surface area (Å²) in [6.45, 7) is 4.71. The topological polar surface area (TPSA) is 75.7 Å². The Morgan fingerprint density at radius 2 is 2.00 bits per heavy atom. The van der Waals surface area contributed by atoms with Gasteiger partial charge in [-0.3, -0.25) is 0 Å². The first kappa shape index (κ1) is 17.9. The lowest BCUT2D eigenvalue weighted by Gasteiger charge is -2.11. The van der Waals surface area contributed by atoms with Crippen LogP contribution in [0, 0.1) is 0 Å². The number of benzene rings is 1. The van der Waals surface area contributed by atoms with Crippen LogP contribution >= 0.6 is 0 Å². The summed E-state index contributed by atoms with van der Waals surface area (Å²) in [5, 5.41) is 0.890. The predicted molar refractivity (Wildman–Crippen MR) is 101 cm³/mol. The predicted octanol–water partition coefficient (Wildman–Crippen LogP) is 3.24. The Bertz CT molecular complexity index is 922. The second kappa shape index (κ2) is 7.15. The number of nitrogens with zero attached hydrogens (tertiary/aromatic N) is 1. The van der Waals surface area contributed by atoms with Gasteiger partial charge in [0, 0.05) is 11.9 Å². The standard InChI is InChI=1S/C20H24N2O4/c1-5-12-9-10-22-14-7-8-16(24-3)19(25-4)13(14)11-15(22)18(21)17(12)20(23)26-6-2/h7-9,11H,5-6,10,21H2,1-4H3.